The maximum absolute atomic E-state index is 14.1. The Bertz CT molecular complexity index is 1150. The molecule has 1 fully saturated rings. The van der Waals surface area contributed by atoms with Crippen molar-refractivity contribution in [2.24, 2.45) is 0 Å². The number of aromatic nitrogens is 1. The van der Waals surface area contributed by atoms with Crippen molar-refractivity contribution in [2.75, 3.05) is 13.1 Å². The molecular weight excluding hydrogens is 504 g/mol. The summed E-state index contributed by atoms with van der Waals surface area (Å²) in [5.41, 5.74) is 2.43. The number of pyridine rings is 1. The molecule has 1 aromatic heterocycles. The number of halogens is 5. The number of likely N-dealkylation sites (tertiary alicyclic amines) is 1. The molecule has 0 aliphatic carbocycles. The highest BCUT2D eigenvalue weighted by Gasteiger charge is 2.41. The number of rotatable bonds is 5. The number of piperidine rings is 1. The van der Waals surface area contributed by atoms with Gasteiger partial charge in [-0.3, -0.25) is 19.4 Å². The predicted octanol–water partition coefficient (Wildman–Crippen LogP) is 3.67. The monoisotopic (exact) mass is 528 g/mol. The zero-order chi connectivity index (χ0) is 26.8. The number of alkyl halides is 3. The van der Waals surface area contributed by atoms with E-state index in [0.717, 1.165) is 24.1 Å². The molecule has 0 unspecified atom stereocenters. The van der Waals surface area contributed by atoms with E-state index in [9.17, 15) is 31.9 Å². The molecule has 0 bridgehead atoms. The van der Waals surface area contributed by atoms with Gasteiger partial charge in [-0.25, -0.2) is 4.39 Å². The van der Waals surface area contributed by atoms with Crippen molar-refractivity contribution >= 4 is 29.3 Å². The Kier molecular flexibility index (Phi) is 8.22. The van der Waals surface area contributed by atoms with Crippen LogP contribution in [-0.2, 0) is 9.59 Å². The minimum absolute atomic E-state index is 0.00328. The molecule has 2 heterocycles. The van der Waals surface area contributed by atoms with Gasteiger partial charge >= 0.3 is 12.1 Å². The highest BCUT2D eigenvalue weighted by molar-refractivity contribution is 6.30. The maximum atomic E-state index is 14.1. The van der Waals surface area contributed by atoms with E-state index in [-0.39, 0.29) is 24.0 Å². The normalized spacial score (nSPS) is 18.9. The first-order chi connectivity index (χ1) is 16.8. The van der Waals surface area contributed by atoms with E-state index < -0.39 is 41.8 Å². The number of carbonyl (C=O) groups excluding carboxylic acids is 3. The van der Waals surface area contributed by atoms with E-state index in [1.807, 2.05) is 6.92 Å². The van der Waals surface area contributed by atoms with Crippen molar-refractivity contribution in [3.8, 4) is 0 Å². The zero-order valence-electron chi connectivity index (χ0n) is 19.7. The summed E-state index contributed by atoms with van der Waals surface area (Å²) in [7, 11) is 0. The highest BCUT2D eigenvalue weighted by atomic mass is 35.5. The van der Waals surface area contributed by atoms with Gasteiger partial charge in [-0.05, 0) is 62.1 Å². The number of nitrogens with zero attached hydrogens (tertiary/aromatic N) is 2. The first-order valence-electron chi connectivity index (χ1n) is 11.1. The lowest BCUT2D eigenvalue weighted by Crippen LogP contribution is -2.57. The SMILES string of the molecule is Cc1cncc(C(=O)N2CC[C@@H](c3cc(F)cc(Cl)c3)[C@H](NC(=O)[C@@H](C)NC(=O)C(F)(F)F)C2)c1C. The number of benzene rings is 1. The quantitative estimate of drug-likeness (QED) is 0.579. The standard InChI is InChI=1S/C24H25ClF4N4O3/c1-12-9-30-10-19(13(12)2)22(35)33-5-4-18(15-6-16(25)8-17(26)7-15)20(11-33)32-21(34)14(3)31-23(36)24(27,28)29/h6-10,14,18,20H,4-5,11H2,1-3H3,(H,31,36)(H,32,34)/t14-,18+,20-/m1/s1. The Morgan fingerprint density at radius 3 is 2.50 bits per heavy atom. The average molecular weight is 529 g/mol. The Hall–Kier alpha value is -3.21. The second kappa shape index (κ2) is 10.8. The summed E-state index contributed by atoms with van der Waals surface area (Å²) >= 11 is 6.01. The molecule has 7 nitrogen and oxygen atoms in total. The topological polar surface area (TPSA) is 91.4 Å². The molecule has 1 aromatic carbocycles. The third-order valence-corrected chi connectivity index (χ3v) is 6.46. The smallest absolute Gasteiger partial charge is 0.349 e. The lowest BCUT2D eigenvalue weighted by atomic mass is 9.84. The van der Waals surface area contributed by atoms with Gasteiger partial charge in [0.1, 0.15) is 11.9 Å². The van der Waals surface area contributed by atoms with Crippen LogP contribution in [0, 0.1) is 19.7 Å². The van der Waals surface area contributed by atoms with Gasteiger partial charge in [-0.2, -0.15) is 13.2 Å². The Balaban J connectivity index is 1.86. The van der Waals surface area contributed by atoms with Gasteiger partial charge in [0.2, 0.25) is 5.91 Å². The van der Waals surface area contributed by atoms with Crippen LogP contribution < -0.4 is 10.6 Å². The van der Waals surface area contributed by atoms with Gasteiger partial charge in [-0.1, -0.05) is 11.6 Å². The molecule has 0 radical (unpaired) electrons. The highest BCUT2D eigenvalue weighted by Crippen LogP contribution is 2.32. The number of hydrogen-bond donors (Lipinski definition) is 2. The number of amides is 3. The lowest BCUT2D eigenvalue weighted by molar-refractivity contribution is -0.174. The van der Waals surface area contributed by atoms with Crippen LogP contribution in [0.2, 0.25) is 5.02 Å². The second-order valence-corrected chi connectivity index (χ2v) is 9.22. The van der Waals surface area contributed by atoms with Crippen LogP contribution in [-0.4, -0.2) is 59.0 Å². The largest absolute Gasteiger partial charge is 0.471 e. The fraction of sp³-hybridized carbons (Fsp3) is 0.417. The van der Waals surface area contributed by atoms with Gasteiger partial charge < -0.3 is 15.5 Å². The fourth-order valence-electron chi connectivity index (χ4n) is 4.14. The van der Waals surface area contributed by atoms with E-state index in [2.05, 4.69) is 10.3 Å². The summed E-state index contributed by atoms with van der Waals surface area (Å²) in [6.45, 7) is 4.99. The van der Waals surface area contributed by atoms with Crippen molar-refractivity contribution < 1.29 is 31.9 Å². The fourth-order valence-corrected chi connectivity index (χ4v) is 4.37. The summed E-state index contributed by atoms with van der Waals surface area (Å²) in [6.07, 6.45) is -1.75. The molecule has 0 spiro atoms. The average Bonchev–Trinajstić information content (AvgIpc) is 2.79. The molecule has 3 rings (SSSR count). The van der Waals surface area contributed by atoms with Gasteiger partial charge in [-0.15, -0.1) is 0 Å². The van der Waals surface area contributed by atoms with Crippen LogP contribution >= 0.6 is 11.6 Å². The van der Waals surface area contributed by atoms with Gasteiger partial charge in [0, 0.05) is 36.4 Å². The number of aryl methyl sites for hydroxylation is 1. The first kappa shape index (κ1) is 27.4. The molecule has 2 aromatic rings. The van der Waals surface area contributed by atoms with E-state index in [4.69, 9.17) is 11.6 Å². The summed E-state index contributed by atoms with van der Waals surface area (Å²) in [5, 5.41) is 4.38. The molecule has 1 saturated heterocycles. The third kappa shape index (κ3) is 6.31. The van der Waals surface area contributed by atoms with Crippen molar-refractivity contribution in [2.45, 2.75) is 51.4 Å². The summed E-state index contributed by atoms with van der Waals surface area (Å²) < 4.78 is 51.9. The molecule has 36 heavy (non-hydrogen) atoms. The maximum Gasteiger partial charge on any atom is 0.471 e. The van der Waals surface area contributed by atoms with Crippen molar-refractivity contribution in [1.29, 1.82) is 0 Å². The second-order valence-electron chi connectivity index (χ2n) is 8.79. The Morgan fingerprint density at radius 2 is 1.86 bits per heavy atom. The third-order valence-electron chi connectivity index (χ3n) is 6.24. The van der Waals surface area contributed by atoms with Crippen molar-refractivity contribution in [3.63, 3.8) is 0 Å². The summed E-state index contributed by atoms with van der Waals surface area (Å²) in [5.74, 6) is -4.53. The van der Waals surface area contributed by atoms with E-state index in [1.54, 1.807) is 18.4 Å². The van der Waals surface area contributed by atoms with Gasteiger partial charge in [0.15, 0.2) is 0 Å². The number of carbonyl (C=O) groups is 3. The molecule has 1 aliphatic heterocycles. The Morgan fingerprint density at radius 1 is 1.17 bits per heavy atom. The summed E-state index contributed by atoms with van der Waals surface area (Å²) in [6, 6.07) is 1.62. The van der Waals surface area contributed by atoms with Crippen molar-refractivity contribution in [3.05, 3.63) is 63.7 Å². The Labute approximate surface area is 210 Å². The first-order valence-corrected chi connectivity index (χ1v) is 11.5. The molecule has 12 heteroatoms. The summed E-state index contributed by atoms with van der Waals surface area (Å²) in [4.78, 5) is 42.8. The number of nitrogens with one attached hydrogen (secondary N) is 2. The minimum Gasteiger partial charge on any atom is -0.349 e. The molecule has 0 saturated carbocycles. The van der Waals surface area contributed by atoms with Crippen LogP contribution in [0.5, 0.6) is 0 Å². The molecular formula is C24H25ClF4N4O3. The van der Waals surface area contributed by atoms with Crippen LogP contribution in [0.3, 0.4) is 0 Å². The van der Waals surface area contributed by atoms with Gasteiger partial charge in [0.05, 0.1) is 11.6 Å². The molecule has 1 aliphatic rings. The van der Waals surface area contributed by atoms with Crippen LogP contribution in [0.25, 0.3) is 0 Å². The predicted molar refractivity (Wildman–Crippen MR) is 124 cm³/mol. The van der Waals surface area contributed by atoms with Crippen LogP contribution in [0.1, 0.15) is 46.3 Å². The van der Waals surface area contributed by atoms with E-state index >= 15 is 0 Å². The van der Waals surface area contributed by atoms with Crippen LogP contribution in [0.15, 0.2) is 30.6 Å². The number of hydrogen-bond acceptors (Lipinski definition) is 4. The zero-order valence-corrected chi connectivity index (χ0v) is 20.5. The van der Waals surface area contributed by atoms with E-state index in [0.29, 0.717) is 17.5 Å². The van der Waals surface area contributed by atoms with Crippen LogP contribution in [0.4, 0.5) is 17.6 Å². The molecule has 3 amide bonds. The minimum atomic E-state index is -5.15. The van der Waals surface area contributed by atoms with E-state index in [1.165, 1.54) is 23.2 Å². The van der Waals surface area contributed by atoms with Gasteiger partial charge in [0.25, 0.3) is 5.91 Å². The van der Waals surface area contributed by atoms with Crippen molar-refractivity contribution in [1.82, 2.24) is 20.5 Å². The molecule has 194 valence electrons. The molecule has 3 atom stereocenters. The molecule has 2 N–H and O–H groups in total. The lowest BCUT2D eigenvalue weighted by Gasteiger charge is -2.40.